The van der Waals surface area contributed by atoms with Crippen molar-refractivity contribution in [3.8, 4) is 5.75 Å². The summed E-state index contributed by atoms with van der Waals surface area (Å²) in [6.07, 6.45) is -4.23. The zero-order valence-corrected chi connectivity index (χ0v) is 12.4. The van der Waals surface area contributed by atoms with Crippen LogP contribution in [0.15, 0.2) is 29.6 Å². The number of hydrogen-bond donors (Lipinski definition) is 1. The van der Waals surface area contributed by atoms with Crippen molar-refractivity contribution in [2.24, 2.45) is 0 Å². The largest absolute Gasteiger partial charge is 0.484 e. The van der Waals surface area contributed by atoms with Gasteiger partial charge in [0.1, 0.15) is 5.75 Å². The molecule has 0 bridgehead atoms. The minimum absolute atomic E-state index is 0.0884. The molecule has 0 aliphatic rings. The molecule has 8 heteroatoms. The third kappa shape index (κ3) is 5.36. The summed E-state index contributed by atoms with van der Waals surface area (Å²) in [7, 11) is 0. The number of nitrogens with one attached hydrogen (secondary N) is 1. The lowest BCUT2D eigenvalue weighted by molar-refractivity contribution is -0.153. The highest BCUT2D eigenvalue weighted by molar-refractivity contribution is 7.09. The Hall–Kier alpha value is -2.09. The van der Waals surface area contributed by atoms with E-state index in [-0.39, 0.29) is 18.1 Å². The van der Waals surface area contributed by atoms with Crippen LogP contribution in [-0.2, 0) is 11.2 Å². The van der Waals surface area contributed by atoms with Crippen molar-refractivity contribution in [1.29, 1.82) is 0 Å². The molecule has 0 atom stereocenters. The second kappa shape index (κ2) is 6.78. The minimum atomic E-state index is -4.38. The number of amides is 1. The Morgan fingerprint density at radius 3 is 2.55 bits per heavy atom. The second-order valence-corrected chi connectivity index (χ2v) is 5.57. The first-order chi connectivity index (χ1) is 10.3. The van der Waals surface area contributed by atoms with Crippen LogP contribution in [-0.4, -0.2) is 23.7 Å². The van der Waals surface area contributed by atoms with Crippen LogP contribution < -0.4 is 10.1 Å². The number of anilines is 1. The summed E-state index contributed by atoms with van der Waals surface area (Å²) >= 11 is 1.46. The van der Waals surface area contributed by atoms with Crippen LogP contribution in [0.3, 0.4) is 0 Å². The molecule has 0 spiro atoms. The Morgan fingerprint density at radius 2 is 2.00 bits per heavy atom. The number of aromatic nitrogens is 1. The molecule has 22 heavy (non-hydrogen) atoms. The number of nitrogens with zero attached hydrogens (tertiary/aromatic N) is 1. The van der Waals surface area contributed by atoms with E-state index in [1.54, 1.807) is 0 Å². The molecule has 1 aromatic heterocycles. The zero-order valence-electron chi connectivity index (χ0n) is 11.6. The quantitative estimate of drug-likeness (QED) is 0.912. The number of aryl methyl sites for hydroxylation is 1. The number of alkyl halides is 3. The summed E-state index contributed by atoms with van der Waals surface area (Å²) in [4.78, 5) is 16.0. The number of benzene rings is 1. The maximum absolute atomic E-state index is 12.0. The van der Waals surface area contributed by atoms with Crippen LogP contribution in [0, 0.1) is 6.92 Å². The summed E-state index contributed by atoms with van der Waals surface area (Å²) in [6, 6.07) is 5.70. The minimum Gasteiger partial charge on any atom is -0.484 e. The molecule has 0 fully saturated rings. The van der Waals surface area contributed by atoms with E-state index in [9.17, 15) is 18.0 Å². The van der Waals surface area contributed by atoms with Gasteiger partial charge in [0.25, 0.3) is 0 Å². The molecular formula is C14H13F3N2O2S. The van der Waals surface area contributed by atoms with Crippen molar-refractivity contribution in [2.75, 3.05) is 11.9 Å². The Morgan fingerprint density at radius 1 is 1.32 bits per heavy atom. The number of carbonyl (C=O) groups is 1. The number of rotatable bonds is 5. The molecule has 0 aliphatic heterocycles. The molecule has 0 unspecified atom stereocenters. The average Bonchev–Trinajstić information content (AvgIpc) is 2.82. The second-order valence-electron chi connectivity index (χ2n) is 4.51. The summed E-state index contributed by atoms with van der Waals surface area (Å²) < 4.78 is 40.6. The highest BCUT2D eigenvalue weighted by Gasteiger charge is 2.28. The molecule has 0 saturated heterocycles. The summed E-state index contributed by atoms with van der Waals surface area (Å²) in [5, 5.41) is 5.34. The number of thiazole rings is 1. The van der Waals surface area contributed by atoms with E-state index in [2.05, 4.69) is 15.0 Å². The van der Waals surface area contributed by atoms with E-state index in [4.69, 9.17) is 0 Å². The van der Waals surface area contributed by atoms with Gasteiger partial charge in [-0.05, 0) is 31.2 Å². The lowest BCUT2D eigenvalue weighted by Crippen LogP contribution is -2.19. The molecule has 0 saturated carbocycles. The third-order valence-corrected chi connectivity index (χ3v) is 3.37. The van der Waals surface area contributed by atoms with Gasteiger partial charge in [-0.15, -0.1) is 11.3 Å². The van der Waals surface area contributed by atoms with Gasteiger partial charge in [0.2, 0.25) is 5.91 Å². The lowest BCUT2D eigenvalue weighted by Gasteiger charge is -2.10. The number of carbonyl (C=O) groups excluding carboxylic acids is 1. The maximum Gasteiger partial charge on any atom is 0.422 e. The standard InChI is InChI=1S/C14H13F3N2O2S/c1-9-18-11(7-22-9)6-13(20)19-10-2-4-12(5-3-10)21-8-14(15,16)17/h2-5,7H,6,8H2,1H3,(H,19,20). The van der Waals surface area contributed by atoms with E-state index >= 15 is 0 Å². The number of halogens is 3. The summed E-state index contributed by atoms with van der Waals surface area (Å²) in [5.41, 5.74) is 1.17. The van der Waals surface area contributed by atoms with Crippen molar-refractivity contribution >= 4 is 22.9 Å². The Kier molecular flexibility index (Phi) is 5.02. The summed E-state index contributed by atoms with van der Waals surface area (Å²) in [6.45, 7) is 0.508. The Balaban J connectivity index is 1.86. The molecule has 2 rings (SSSR count). The van der Waals surface area contributed by atoms with Gasteiger partial charge in [-0.2, -0.15) is 13.2 Å². The molecule has 1 N–H and O–H groups in total. The number of hydrogen-bond acceptors (Lipinski definition) is 4. The van der Waals surface area contributed by atoms with E-state index in [0.29, 0.717) is 11.4 Å². The molecular weight excluding hydrogens is 317 g/mol. The molecule has 0 aliphatic carbocycles. The van der Waals surface area contributed by atoms with Gasteiger partial charge < -0.3 is 10.1 Å². The molecule has 1 aromatic carbocycles. The molecule has 118 valence electrons. The smallest absolute Gasteiger partial charge is 0.422 e. The van der Waals surface area contributed by atoms with Crippen LogP contribution in [0.2, 0.25) is 0 Å². The Bertz CT molecular complexity index is 638. The van der Waals surface area contributed by atoms with Crippen molar-refractivity contribution in [2.45, 2.75) is 19.5 Å². The van der Waals surface area contributed by atoms with Crippen LogP contribution in [0.5, 0.6) is 5.75 Å². The fourth-order valence-electron chi connectivity index (χ4n) is 1.66. The van der Waals surface area contributed by atoms with Crippen molar-refractivity contribution in [1.82, 2.24) is 4.98 Å². The topological polar surface area (TPSA) is 51.2 Å². The molecule has 1 heterocycles. The highest BCUT2D eigenvalue weighted by Crippen LogP contribution is 2.20. The van der Waals surface area contributed by atoms with Gasteiger partial charge in [-0.3, -0.25) is 4.79 Å². The van der Waals surface area contributed by atoms with Crippen molar-refractivity contribution in [3.63, 3.8) is 0 Å². The zero-order chi connectivity index (χ0) is 16.2. The van der Waals surface area contributed by atoms with E-state index in [1.165, 1.54) is 35.6 Å². The van der Waals surface area contributed by atoms with Crippen molar-refractivity contribution in [3.05, 3.63) is 40.3 Å². The van der Waals surface area contributed by atoms with Gasteiger partial charge in [-0.1, -0.05) is 0 Å². The van der Waals surface area contributed by atoms with Gasteiger partial charge in [0.05, 0.1) is 17.1 Å². The fourth-order valence-corrected chi connectivity index (χ4v) is 2.27. The van der Waals surface area contributed by atoms with Crippen LogP contribution in [0.25, 0.3) is 0 Å². The third-order valence-electron chi connectivity index (χ3n) is 2.55. The SMILES string of the molecule is Cc1nc(CC(=O)Nc2ccc(OCC(F)(F)F)cc2)cs1. The first-order valence-corrected chi connectivity index (χ1v) is 7.20. The first-order valence-electron chi connectivity index (χ1n) is 6.32. The van der Waals surface area contributed by atoms with E-state index in [0.717, 1.165) is 5.01 Å². The van der Waals surface area contributed by atoms with E-state index in [1.807, 2.05) is 12.3 Å². The predicted molar refractivity (Wildman–Crippen MR) is 77.2 cm³/mol. The predicted octanol–water partition coefficient (Wildman–Crippen LogP) is 3.57. The van der Waals surface area contributed by atoms with Gasteiger partial charge >= 0.3 is 6.18 Å². The van der Waals surface area contributed by atoms with E-state index < -0.39 is 12.8 Å². The normalized spacial score (nSPS) is 11.3. The fraction of sp³-hybridized carbons (Fsp3) is 0.286. The number of ether oxygens (including phenoxy) is 1. The highest BCUT2D eigenvalue weighted by atomic mass is 32.1. The summed E-state index contributed by atoms with van der Waals surface area (Å²) in [5.74, 6) is -0.153. The maximum atomic E-state index is 12.0. The monoisotopic (exact) mass is 330 g/mol. The first kappa shape index (κ1) is 16.3. The molecule has 0 radical (unpaired) electrons. The molecule has 4 nitrogen and oxygen atoms in total. The van der Waals surface area contributed by atoms with Gasteiger partial charge in [0.15, 0.2) is 6.61 Å². The van der Waals surface area contributed by atoms with Crippen LogP contribution >= 0.6 is 11.3 Å². The van der Waals surface area contributed by atoms with Crippen molar-refractivity contribution < 1.29 is 22.7 Å². The van der Waals surface area contributed by atoms with Crippen LogP contribution in [0.4, 0.5) is 18.9 Å². The Labute approximate surface area is 128 Å². The average molecular weight is 330 g/mol. The lowest BCUT2D eigenvalue weighted by atomic mass is 10.2. The van der Waals surface area contributed by atoms with Gasteiger partial charge in [0, 0.05) is 11.1 Å². The van der Waals surface area contributed by atoms with Crippen LogP contribution in [0.1, 0.15) is 10.7 Å². The van der Waals surface area contributed by atoms with Gasteiger partial charge in [-0.25, -0.2) is 4.98 Å². The molecule has 2 aromatic rings. The molecule has 1 amide bonds.